The molecule has 0 radical (unpaired) electrons. The summed E-state index contributed by atoms with van der Waals surface area (Å²) < 4.78 is 41.3. The van der Waals surface area contributed by atoms with Gasteiger partial charge in [0, 0.05) is 61.9 Å². The van der Waals surface area contributed by atoms with E-state index < -0.39 is 23.7 Å². The maximum Gasteiger partial charge on any atom is 0.416 e. The predicted octanol–water partition coefficient (Wildman–Crippen LogP) is 5.29. The second kappa shape index (κ2) is 13.9. The summed E-state index contributed by atoms with van der Waals surface area (Å²) in [6.45, 7) is 11.2. The first-order valence-corrected chi connectivity index (χ1v) is 15.4. The molecule has 236 valence electrons. The Balaban J connectivity index is 1.56. The summed E-state index contributed by atoms with van der Waals surface area (Å²) in [6.07, 6.45) is -4.07. The average Bonchev–Trinajstić information content (AvgIpc) is 3.42. The molecule has 11 heteroatoms. The largest absolute Gasteiger partial charge is 0.416 e. The van der Waals surface area contributed by atoms with Gasteiger partial charge in [-0.2, -0.15) is 13.2 Å². The number of anilines is 1. The van der Waals surface area contributed by atoms with E-state index in [9.17, 15) is 22.8 Å². The van der Waals surface area contributed by atoms with Crippen molar-refractivity contribution in [3.63, 3.8) is 0 Å². The molecule has 2 amide bonds. The van der Waals surface area contributed by atoms with Crippen molar-refractivity contribution in [1.29, 1.82) is 0 Å². The Hall–Kier alpha value is -2.82. The van der Waals surface area contributed by atoms with Gasteiger partial charge in [-0.05, 0) is 67.6 Å². The number of carbonyl (C=O) groups is 2. The number of nitrogens with zero attached hydrogens (tertiary/aromatic N) is 3. The molecule has 7 nitrogen and oxygen atoms in total. The van der Waals surface area contributed by atoms with E-state index in [4.69, 9.17) is 17.3 Å². The van der Waals surface area contributed by atoms with Crippen LogP contribution in [-0.2, 0) is 15.8 Å². The molecule has 0 aromatic heterocycles. The van der Waals surface area contributed by atoms with E-state index in [1.165, 1.54) is 6.07 Å². The molecule has 2 aromatic rings. The van der Waals surface area contributed by atoms with Crippen molar-refractivity contribution in [2.45, 2.75) is 58.3 Å². The average molecular weight is 622 g/mol. The highest BCUT2D eigenvalue weighted by atomic mass is 35.5. The second-order valence-corrected chi connectivity index (χ2v) is 12.8. The van der Waals surface area contributed by atoms with Crippen molar-refractivity contribution in [1.82, 2.24) is 15.1 Å². The van der Waals surface area contributed by atoms with Gasteiger partial charge in [-0.15, -0.1) is 0 Å². The van der Waals surface area contributed by atoms with Gasteiger partial charge in [0.25, 0.3) is 0 Å². The molecule has 3 N–H and O–H groups in total. The molecule has 0 unspecified atom stereocenters. The first-order valence-electron chi connectivity index (χ1n) is 15.0. The molecule has 0 saturated carbocycles. The fraction of sp³-hybridized carbons (Fsp3) is 0.562. The SMILES string of the molecule is CC(C)C[C@H](NC(=O)CN)c1cc(C(F)(F)F)ccc1N1CCN(C(=O)[C@@H]2CN(C(C)C)C[C@H]2c2ccc(Cl)cc2)CC1. The summed E-state index contributed by atoms with van der Waals surface area (Å²) in [5.41, 5.74) is 6.91. The number of hydrogen-bond donors (Lipinski definition) is 2. The predicted molar refractivity (Wildman–Crippen MR) is 164 cm³/mol. The molecular weight excluding hydrogens is 579 g/mol. The van der Waals surface area contributed by atoms with Crippen LogP contribution in [0.1, 0.15) is 62.8 Å². The van der Waals surface area contributed by atoms with Gasteiger partial charge >= 0.3 is 6.18 Å². The van der Waals surface area contributed by atoms with Crippen LogP contribution >= 0.6 is 11.6 Å². The van der Waals surface area contributed by atoms with E-state index in [1.54, 1.807) is 0 Å². The smallest absolute Gasteiger partial charge is 0.368 e. The van der Waals surface area contributed by atoms with E-state index >= 15 is 0 Å². The molecule has 3 atom stereocenters. The summed E-state index contributed by atoms with van der Waals surface area (Å²) in [5.74, 6) is -0.353. The molecule has 2 aliphatic heterocycles. The molecule has 2 aliphatic rings. The highest BCUT2D eigenvalue weighted by Gasteiger charge is 2.42. The molecule has 4 rings (SSSR count). The minimum Gasteiger partial charge on any atom is -0.368 e. The van der Waals surface area contributed by atoms with Crippen molar-refractivity contribution in [3.05, 3.63) is 64.2 Å². The van der Waals surface area contributed by atoms with Gasteiger partial charge in [-0.3, -0.25) is 14.5 Å². The minimum absolute atomic E-state index is 0.0506. The van der Waals surface area contributed by atoms with Gasteiger partial charge < -0.3 is 20.9 Å². The Morgan fingerprint density at radius 3 is 2.21 bits per heavy atom. The second-order valence-electron chi connectivity index (χ2n) is 12.3. The molecular formula is C32H43ClF3N5O2. The Morgan fingerprint density at radius 2 is 1.65 bits per heavy atom. The third-order valence-corrected chi connectivity index (χ3v) is 8.84. The number of carbonyl (C=O) groups excluding carboxylic acids is 2. The molecule has 0 aliphatic carbocycles. The number of rotatable bonds is 9. The zero-order chi connectivity index (χ0) is 31.5. The number of benzene rings is 2. The number of alkyl halides is 3. The lowest BCUT2D eigenvalue weighted by Crippen LogP contribution is -2.51. The summed E-state index contributed by atoms with van der Waals surface area (Å²) >= 11 is 6.13. The van der Waals surface area contributed by atoms with Crippen LogP contribution in [0.5, 0.6) is 0 Å². The van der Waals surface area contributed by atoms with Crippen LogP contribution in [0.25, 0.3) is 0 Å². The topological polar surface area (TPSA) is 81.9 Å². The number of hydrogen-bond acceptors (Lipinski definition) is 5. The highest BCUT2D eigenvalue weighted by molar-refractivity contribution is 6.30. The van der Waals surface area contributed by atoms with Crippen LogP contribution in [0.3, 0.4) is 0 Å². The number of nitrogens with one attached hydrogen (secondary N) is 1. The van der Waals surface area contributed by atoms with Gasteiger partial charge in [-0.25, -0.2) is 0 Å². The lowest BCUT2D eigenvalue weighted by Gasteiger charge is -2.39. The van der Waals surface area contributed by atoms with Gasteiger partial charge in [0.2, 0.25) is 11.8 Å². The fourth-order valence-corrected chi connectivity index (χ4v) is 6.37. The van der Waals surface area contributed by atoms with Crippen molar-refractivity contribution in [2.75, 3.05) is 50.7 Å². The molecule has 2 aromatic carbocycles. The van der Waals surface area contributed by atoms with Crippen LogP contribution in [0.15, 0.2) is 42.5 Å². The van der Waals surface area contributed by atoms with Crippen LogP contribution in [0.4, 0.5) is 18.9 Å². The number of halogens is 4. The Bertz CT molecular complexity index is 1260. The number of nitrogens with two attached hydrogens (primary N) is 1. The lowest BCUT2D eigenvalue weighted by atomic mass is 9.88. The summed E-state index contributed by atoms with van der Waals surface area (Å²) in [5, 5.41) is 3.49. The Kier molecular flexibility index (Phi) is 10.7. The normalized spacial score (nSPS) is 20.6. The van der Waals surface area contributed by atoms with Crippen LogP contribution in [-0.4, -0.2) is 73.5 Å². The van der Waals surface area contributed by atoms with Gasteiger partial charge in [0.05, 0.1) is 24.1 Å². The molecule has 0 bridgehead atoms. The Labute approximate surface area is 257 Å². The molecule has 0 spiro atoms. The van der Waals surface area contributed by atoms with E-state index in [0.717, 1.165) is 24.2 Å². The number of likely N-dealkylation sites (tertiary alicyclic amines) is 1. The third-order valence-electron chi connectivity index (χ3n) is 8.58. The highest BCUT2D eigenvalue weighted by Crippen LogP contribution is 2.39. The number of amides is 2. The maximum atomic E-state index is 13.9. The van der Waals surface area contributed by atoms with E-state index in [1.807, 2.05) is 47.9 Å². The first-order chi connectivity index (χ1) is 20.3. The fourth-order valence-electron chi connectivity index (χ4n) is 6.24. The van der Waals surface area contributed by atoms with E-state index in [0.29, 0.717) is 61.5 Å². The van der Waals surface area contributed by atoms with Gasteiger partial charge in [0.15, 0.2) is 0 Å². The molecule has 2 saturated heterocycles. The van der Waals surface area contributed by atoms with Gasteiger partial charge in [-0.1, -0.05) is 37.6 Å². The minimum atomic E-state index is -4.52. The molecule has 43 heavy (non-hydrogen) atoms. The standard InChI is InChI=1S/C32H43ClF3N5O2/c1-20(2)15-28(38-30(42)17-37)25-16-23(32(34,35)36)7-10-29(25)39-11-13-40(14-12-39)31(43)27-19-41(21(3)4)18-26(27)22-5-8-24(33)9-6-22/h5-10,16,20-21,26-28H,11-15,17-19,37H2,1-4H3,(H,38,42)/t26-,27+,28-/m0/s1. The first kappa shape index (κ1) is 33.1. The van der Waals surface area contributed by atoms with E-state index in [-0.39, 0.29) is 30.2 Å². The molecule has 2 fully saturated rings. The Morgan fingerprint density at radius 1 is 1.00 bits per heavy atom. The van der Waals surface area contributed by atoms with Crippen molar-refractivity contribution in [2.24, 2.45) is 17.6 Å². The lowest BCUT2D eigenvalue weighted by molar-refractivity contribution is -0.138. The zero-order valence-electron chi connectivity index (χ0n) is 25.3. The quantitative estimate of drug-likeness (QED) is 0.398. The van der Waals surface area contributed by atoms with Crippen LogP contribution in [0, 0.1) is 11.8 Å². The summed E-state index contributed by atoms with van der Waals surface area (Å²) in [7, 11) is 0. The maximum absolute atomic E-state index is 13.9. The van der Waals surface area contributed by atoms with Crippen LogP contribution < -0.4 is 16.0 Å². The van der Waals surface area contributed by atoms with Crippen molar-refractivity contribution in [3.8, 4) is 0 Å². The van der Waals surface area contributed by atoms with Crippen molar-refractivity contribution >= 4 is 29.1 Å². The van der Waals surface area contributed by atoms with Gasteiger partial charge in [0.1, 0.15) is 0 Å². The molecule has 2 heterocycles. The van der Waals surface area contributed by atoms with Crippen LogP contribution in [0.2, 0.25) is 5.02 Å². The third kappa shape index (κ3) is 8.02. The summed E-state index contributed by atoms with van der Waals surface area (Å²) in [4.78, 5) is 32.5. The zero-order valence-corrected chi connectivity index (χ0v) is 26.1. The van der Waals surface area contributed by atoms with Crippen molar-refractivity contribution < 1.29 is 22.8 Å². The number of piperazine rings is 1. The van der Waals surface area contributed by atoms with E-state index in [2.05, 4.69) is 24.1 Å². The monoisotopic (exact) mass is 621 g/mol. The summed E-state index contributed by atoms with van der Waals surface area (Å²) in [6, 6.07) is 11.1.